The van der Waals surface area contributed by atoms with Crippen LogP contribution in [0.3, 0.4) is 0 Å². The van der Waals surface area contributed by atoms with Gasteiger partial charge in [0.15, 0.2) is 0 Å². The fraction of sp³-hybridized carbons (Fsp3) is 0.925. The minimum absolute atomic E-state index is 0.246. The van der Waals surface area contributed by atoms with Gasteiger partial charge in [0.25, 0.3) is 10.1 Å². The third-order valence-electron chi connectivity index (χ3n) is 9.47. The molecule has 7 heteroatoms. The zero-order valence-electron chi connectivity index (χ0n) is 31.2. The lowest BCUT2D eigenvalue weighted by molar-refractivity contribution is -0.122. The van der Waals surface area contributed by atoms with Crippen LogP contribution >= 0.6 is 0 Å². The summed E-state index contributed by atoms with van der Waals surface area (Å²) in [7, 11) is -4.30. The Morgan fingerprint density at radius 2 is 0.894 bits per heavy atom. The maximum absolute atomic E-state index is 12.5. The molecule has 0 saturated heterocycles. The predicted molar refractivity (Wildman–Crippen MR) is 203 cm³/mol. The lowest BCUT2D eigenvalue weighted by atomic mass is 10.0. The molecule has 0 aromatic heterocycles. The van der Waals surface area contributed by atoms with Gasteiger partial charge in [0, 0.05) is 6.42 Å². The van der Waals surface area contributed by atoms with E-state index in [1.807, 2.05) is 0 Å². The molecule has 0 fully saturated rings. The minimum Gasteiger partial charge on any atom is -0.391 e. The van der Waals surface area contributed by atoms with Crippen LogP contribution in [0.25, 0.3) is 0 Å². The highest BCUT2D eigenvalue weighted by molar-refractivity contribution is 7.85. The Hall–Kier alpha value is -0.920. The zero-order chi connectivity index (χ0) is 34.7. The topological polar surface area (TPSA) is 104 Å². The summed E-state index contributed by atoms with van der Waals surface area (Å²) in [5.74, 6) is -0.891. The number of nitrogens with one attached hydrogen (secondary N) is 1. The smallest absolute Gasteiger partial charge is 0.266 e. The number of allylic oxidation sites excluding steroid dienone is 2. The Morgan fingerprint density at radius 3 is 1.28 bits per heavy atom. The van der Waals surface area contributed by atoms with Crippen LogP contribution in [0, 0.1) is 0 Å². The van der Waals surface area contributed by atoms with Gasteiger partial charge in [-0.05, 0) is 38.5 Å². The highest BCUT2D eigenvalue weighted by atomic mass is 32.2. The highest BCUT2D eigenvalue weighted by Crippen LogP contribution is 2.16. The maximum Gasteiger partial charge on any atom is 0.266 e. The van der Waals surface area contributed by atoms with Gasteiger partial charge >= 0.3 is 0 Å². The minimum atomic E-state index is -4.30. The van der Waals surface area contributed by atoms with E-state index in [0.717, 1.165) is 38.5 Å². The molecule has 0 aliphatic heterocycles. The van der Waals surface area contributed by atoms with Gasteiger partial charge in [0.2, 0.25) is 5.91 Å². The van der Waals surface area contributed by atoms with Crippen LogP contribution in [0.15, 0.2) is 12.2 Å². The Balaban J connectivity index is 3.83. The number of aliphatic hydroxyl groups excluding tert-OH is 1. The molecule has 0 aromatic carbocycles. The lowest BCUT2D eigenvalue weighted by Gasteiger charge is -2.23. The van der Waals surface area contributed by atoms with Crippen molar-refractivity contribution in [3.63, 3.8) is 0 Å². The fourth-order valence-electron chi connectivity index (χ4n) is 6.39. The number of rotatable bonds is 37. The largest absolute Gasteiger partial charge is 0.391 e. The second-order valence-electron chi connectivity index (χ2n) is 14.3. The first-order valence-electron chi connectivity index (χ1n) is 20.4. The van der Waals surface area contributed by atoms with Crippen LogP contribution in [0.4, 0.5) is 0 Å². The van der Waals surface area contributed by atoms with Gasteiger partial charge in [-0.2, -0.15) is 8.42 Å². The van der Waals surface area contributed by atoms with Crippen LogP contribution < -0.4 is 5.32 Å². The number of carbonyl (C=O) groups excluding carboxylic acids is 1. The van der Waals surface area contributed by atoms with Crippen LogP contribution in [0.1, 0.15) is 219 Å². The van der Waals surface area contributed by atoms with Gasteiger partial charge in [-0.15, -0.1) is 0 Å². The van der Waals surface area contributed by atoms with Crippen LogP contribution in [-0.4, -0.2) is 41.9 Å². The quantitative estimate of drug-likeness (QED) is 0.0343. The molecular formula is C40H79NO5S. The van der Waals surface area contributed by atoms with Gasteiger partial charge < -0.3 is 10.4 Å². The Bertz CT molecular complexity index is 800. The zero-order valence-corrected chi connectivity index (χ0v) is 32.0. The Morgan fingerprint density at radius 1 is 0.553 bits per heavy atom. The Kier molecular flexibility index (Phi) is 34.2. The molecule has 0 heterocycles. The molecule has 2 unspecified atom stereocenters. The molecule has 1 amide bonds. The first-order valence-corrected chi connectivity index (χ1v) is 22.0. The standard InChI is InChI=1S/C40H79NO5S/c1-3-5-7-9-11-13-15-17-18-19-20-21-22-24-26-28-30-32-34-36-40(43)41-38(37-47(44,45)46)39(42)35-33-31-29-27-25-23-16-14-12-10-8-6-4-2/h17-18,38-39,42H,3-16,19-37H2,1-2H3,(H,41,43)(H,44,45,46)/b18-17-. The van der Waals surface area contributed by atoms with E-state index in [2.05, 4.69) is 31.3 Å². The van der Waals surface area contributed by atoms with E-state index in [4.69, 9.17) is 0 Å². The van der Waals surface area contributed by atoms with E-state index in [-0.39, 0.29) is 5.91 Å². The molecule has 0 aliphatic carbocycles. The van der Waals surface area contributed by atoms with Crippen LogP contribution in [0.2, 0.25) is 0 Å². The normalized spacial score (nSPS) is 13.4. The van der Waals surface area contributed by atoms with Gasteiger partial charge in [-0.1, -0.05) is 187 Å². The van der Waals surface area contributed by atoms with Crippen molar-refractivity contribution in [2.75, 3.05) is 5.75 Å². The monoisotopic (exact) mass is 686 g/mol. The summed E-state index contributed by atoms with van der Waals surface area (Å²) in [6, 6.07) is -0.967. The maximum atomic E-state index is 12.5. The molecule has 0 spiro atoms. The average molecular weight is 686 g/mol. The van der Waals surface area contributed by atoms with E-state index >= 15 is 0 Å². The molecule has 280 valence electrons. The summed E-state index contributed by atoms with van der Waals surface area (Å²) in [4.78, 5) is 12.5. The van der Waals surface area contributed by atoms with Crippen molar-refractivity contribution in [1.29, 1.82) is 0 Å². The van der Waals surface area contributed by atoms with Crippen molar-refractivity contribution < 1.29 is 22.9 Å². The highest BCUT2D eigenvalue weighted by Gasteiger charge is 2.26. The average Bonchev–Trinajstić information content (AvgIpc) is 3.03. The molecule has 0 bridgehead atoms. The SMILES string of the molecule is CCCCCCCC/C=C\CCCCCCCCCCCC(=O)NC(CS(=O)(=O)O)C(O)CCCCCCCCCCCCCCC. The molecular weight excluding hydrogens is 607 g/mol. The summed E-state index contributed by atoms with van der Waals surface area (Å²) < 4.78 is 32.5. The molecule has 0 saturated carbocycles. The molecule has 47 heavy (non-hydrogen) atoms. The number of amides is 1. The summed E-state index contributed by atoms with van der Waals surface area (Å²) in [5, 5.41) is 13.3. The Labute approximate surface area is 292 Å². The number of unbranched alkanes of at least 4 members (excludes halogenated alkanes) is 27. The second-order valence-corrected chi connectivity index (χ2v) is 15.8. The van der Waals surface area contributed by atoms with E-state index < -0.39 is 28.0 Å². The molecule has 0 rings (SSSR count). The molecule has 0 radical (unpaired) electrons. The van der Waals surface area contributed by atoms with Crippen molar-refractivity contribution in [3.05, 3.63) is 12.2 Å². The van der Waals surface area contributed by atoms with Gasteiger partial charge in [-0.25, -0.2) is 0 Å². The third kappa shape index (κ3) is 36.2. The summed E-state index contributed by atoms with van der Waals surface area (Å²) in [6.07, 6.45) is 41.6. The first-order chi connectivity index (χ1) is 22.8. The molecule has 3 N–H and O–H groups in total. The number of hydrogen-bond acceptors (Lipinski definition) is 4. The van der Waals surface area contributed by atoms with E-state index in [9.17, 15) is 22.9 Å². The lowest BCUT2D eigenvalue weighted by Crippen LogP contribution is -2.47. The van der Waals surface area contributed by atoms with Crippen LogP contribution in [0.5, 0.6) is 0 Å². The van der Waals surface area contributed by atoms with Crippen molar-refractivity contribution in [3.8, 4) is 0 Å². The molecule has 0 aliphatic rings. The molecule has 0 aromatic rings. The first kappa shape index (κ1) is 46.1. The van der Waals surface area contributed by atoms with Gasteiger partial charge in [-0.3, -0.25) is 9.35 Å². The van der Waals surface area contributed by atoms with Gasteiger partial charge in [0.05, 0.1) is 17.9 Å². The fourth-order valence-corrected chi connectivity index (χ4v) is 7.15. The molecule has 6 nitrogen and oxygen atoms in total. The number of aliphatic hydroxyl groups is 1. The number of carbonyl (C=O) groups is 1. The summed E-state index contributed by atoms with van der Waals surface area (Å²) >= 11 is 0. The summed E-state index contributed by atoms with van der Waals surface area (Å²) in [5.41, 5.74) is 0. The van der Waals surface area contributed by atoms with Gasteiger partial charge in [0.1, 0.15) is 0 Å². The van der Waals surface area contributed by atoms with Crippen molar-refractivity contribution in [2.24, 2.45) is 0 Å². The van der Waals surface area contributed by atoms with E-state index in [1.54, 1.807) is 0 Å². The van der Waals surface area contributed by atoms with Crippen molar-refractivity contribution in [1.82, 2.24) is 5.32 Å². The van der Waals surface area contributed by atoms with Crippen molar-refractivity contribution in [2.45, 2.75) is 231 Å². The second kappa shape index (κ2) is 34.9. The van der Waals surface area contributed by atoms with E-state index in [0.29, 0.717) is 12.8 Å². The molecule has 2 atom stereocenters. The van der Waals surface area contributed by atoms with Crippen molar-refractivity contribution >= 4 is 16.0 Å². The van der Waals surface area contributed by atoms with Crippen LogP contribution in [-0.2, 0) is 14.9 Å². The predicted octanol–water partition coefficient (Wildman–Crippen LogP) is 11.8. The number of hydrogen-bond donors (Lipinski definition) is 3. The van der Waals surface area contributed by atoms with E-state index in [1.165, 1.54) is 154 Å². The summed E-state index contributed by atoms with van der Waals surface area (Å²) in [6.45, 7) is 4.51. The third-order valence-corrected chi connectivity index (χ3v) is 10.3.